The maximum absolute atomic E-state index is 9.48. The molecule has 138 valence electrons. The van der Waals surface area contributed by atoms with Crippen molar-refractivity contribution in [1.82, 2.24) is 15.1 Å². The van der Waals surface area contributed by atoms with E-state index in [-0.39, 0.29) is 12.6 Å². The lowest BCUT2D eigenvalue weighted by Gasteiger charge is -2.11. The molecule has 3 aromatic rings. The molecule has 0 fully saturated rings. The van der Waals surface area contributed by atoms with Gasteiger partial charge in [0.05, 0.1) is 19.2 Å². The molecular formula is C19H27N6O+. The van der Waals surface area contributed by atoms with Gasteiger partial charge in [-0.2, -0.15) is 0 Å². The number of benzene rings is 1. The van der Waals surface area contributed by atoms with Crippen LogP contribution in [0.15, 0.2) is 36.5 Å². The molecule has 0 unspecified atom stereocenters. The van der Waals surface area contributed by atoms with Gasteiger partial charge in [-0.25, -0.2) is 0 Å². The maximum atomic E-state index is 9.48. The summed E-state index contributed by atoms with van der Waals surface area (Å²) in [6, 6.07) is 10.1. The molecule has 0 saturated heterocycles. The number of aromatic nitrogens is 4. The maximum Gasteiger partial charge on any atom is 0.374 e. The van der Waals surface area contributed by atoms with E-state index in [1.54, 1.807) is 0 Å². The SMILES string of the molecule is CC[C@H](CO)Nc1nc(NCc2ccccc2)[n+]2[nH]cc(C(C)C)c2n1. The Kier molecular flexibility index (Phi) is 5.68. The summed E-state index contributed by atoms with van der Waals surface area (Å²) in [6.07, 6.45) is 2.76. The molecule has 1 aromatic carbocycles. The van der Waals surface area contributed by atoms with Gasteiger partial charge in [-0.15, -0.1) is 4.52 Å². The van der Waals surface area contributed by atoms with Crippen LogP contribution in [0.4, 0.5) is 11.9 Å². The van der Waals surface area contributed by atoms with E-state index < -0.39 is 0 Å². The van der Waals surface area contributed by atoms with Crippen molar-refractivity contribution >= 4 is 17.5 Å². The van der Waals surface area contributed by atoms with E-state index in [9.17, 15) is 5.11 Å². The number of anilines is 2. The largest absolute Gasteiger partial charge is 0.394 e. The summed E-state index contributed by atoms with van der Waals surface area (Å²) >= 11 is 0. The van der Waals surface area contributed by atoms with Gasteiger partial charge in [0.2, 0.25) is 0 Å². The van der Waals surface area contributed by atoms with Gasteiger partial charge in [0, 0.05) is 11.8 Å². The number of hydrogen-bond acceptors (Lipinski definition) is 5. The molecule has 0 saturated carbocycles. The van der Waals surface area contributed by atoms with Crippen LogP contribution in [0.25, 0.3) is 5.65 Å². The standard InChI is InChI=1S/C19H26N6O/c1-4-15(12-26)22-18-23-17-16(13(2)3)11-21-25(17)19(24-18)20-10-14-8-6-5-7-9-14/h5-9,11,13,15,26H,4,10,12H2,1-3H3,(H2,20,21,22,23,24)/p+1/t15-/m1/s1. The molecule has 0 radical (unpaired) electrons. The van der Waals surface area contributed by atoms with Crippen molar-refractivity contribution in [1.29, 1.82) is 0 Å². The van der Waals surface area contributed by atoms with Gasteiger partial charge in [-0.05, 0) is 17.9 Å². The highest BCUT2D eigenvalue weighted by atomic mass is 16.3. The van der Waals surface area contributed by atoms with E-state index in [0.29, 0.717) is 24.4 Å². The molecule has 0 amide bonds. The summed E-state index contributed by atoms with van der Waals surface area (Å²) in [5.41, 5.74) is 3.13. The molecule has 0 aliphatic rings. The quantitative estimate of drug-likeness (QED) is 0.466. The van der Waals surface area contributed by atoms with E-state index >= 15 is 0 Å². The van der Waals surface area contributed by atoms with E-state index in [1.807, 2.05) is 35.8 Å². The molecule has 7 nitrogen and oxygen atoms in total. The van der Waals surface area contributed by atoms with Gasteiger partial charge in [-0.1, -0.05) is 61.1 Å². The summed E-state index contributed by atoms with van der Waals surface area (Å²) in [6.45, 7) is 7.00. The minimum Gasteiger partial charge on any atom is -0.394 e. The van der Waals surface area contributed by atoms with E-state index in [2.05, 4.69) is 51.7 Å². The molecule has 0 bridgehead atoms. The predicted molar refractivity (Wildman–Crippen MR) is 102 cm³/mol. The first kappa shape index (κ1) is 18.1. The van der Waals surface area contributed by atoms with Crippen molar-refractivity contribution < 1.29 is 9.62 Å². The summed E-state index contributed by atoms with van der Waals surface area (Å²) in [4.78, 5) is 9.28. The zero-order valence-electron chi connectivity index (χ0n) is 15.5. The van der Waals surface area contributed by atoms with Crippen molar-refractivity contribution in [3.05, 3.63) is 47.7 Å². The first-order valence-corrected chi connectivity index (χ1v) is 9.08. The molecular weight excluding hydrogens is 328 g/mol. The van der Waals surface area contributed by atoms with Crippen LogP contribution in [0.1, 0.15) is 44.2 Å². The van der Waals surface area contributed by atoms with E-state index in [4.69, 9.17) is 0 Å². The first-order valence-electron chi connectivity index (χ1n) is 9.08. The van der Waals surface area contributed by atoms with Crippen LogP contribution in [0, 0.1) is 0 Å². The molecule has 7 heteroatoms. The summed E-state index contributed by atoms with van der Waals surface area (Å²) in [5, 5.41) is 19.3. The lowest BCUT2D eigenvalue weighted by atomic mass is 10.1. The number of hydrogen-bond donors (Lipinski definition) is 4. The molecule has 4 N–H and O–H groups in total. The van der Waals surface area contributed by atoms with Crippen molar-refractivity contribution in [2.24, 2.45) is 0 Å². The molecule has 26 heavy (non-hydrogen) atoms. The minimum atomic E-state index is -0.0686. The Labute approximate surface area is 153 Å². The Hall–Kier alpha value is -2.67. The molecule has 2 heterocycles. The summed E-state index contributed by atoms with van der Waals surface area (Å²) in [7, 11) is 0. The van der Waals surface area contributed by atoms with Crippen molar-refractivity contribution in [2.75, 3.05) is 17.2 Å². The van der Waals surface area contributed by atoms with Crippen LogP contribution in [0.2, 0.25) is 0 Å². The Morgan fingerprint density at radius 3 is 2.62 bits per heavy atom. The van der Waals surface area contributed by atoms with Gasteiger partial charge in [0.15, 0.2) is 0 Å². The second-order valence-corrected chi connectivity index (χ2v) is 6.68. The van der Waals surface area contributed by atoms with Crippen LogP contribution < -0.4 is 15.1 Å². The second-order valence-electron chi connectivity index (χ2n) is 6.68. The number of nitrogens with one attached hydrogen (secondary N) is 3. The highest BCUT2D eigenvalue weighted by Crippen LogP contribution is 2.18. The number of aromatic amines is 1. The second kappa shape index (κ2) is 8.14. The van der Waals surface area contributed by atoms with Crippen LogP contribution in [-0.2, 0) is 6.54 Å². The Morgan fingerprint density at radius 1 is 1.19 bits per heavy atom. The molecule has 0 spiro atoms. The lowest BCUT2D eigenvalue weighted by molar-refractivity contribution is -0.567. The normalized spacial score (nSPS) is 12.5. The summed E-state index contributed by atoms with van der Waals surface area (Å²) in [5.74, 6) is 1.53. The third-order valence-electron chi connectivity index (χ3n) is 4.42. The average Bonchev–Trinajstić information content (AvgIpc) is 3.09. The molecule has 0 aliphatic carbocycles. The third kappa shape index (κ3) is 3.94. The van der Waals surface area contributed by atoms with Gasteiger partial charge >= 0.3 is 11.9 Å². The van der Waals surface area contributed by atoms with Crippen molar-refractivity contribution in [3.8, 4) is 0 Å². The van der Waals surface area contributed by atoms with Crippen molar-refractivity contribution in [3.63, 3.8) is 0 Å². The first-order chi connectivity index (χ1) is 12.6. The fourth-order valence-electron chi connectivity index (χ4n) is 2.78. The highest BCUT2D eigenvalue weighted by molar-refractivity contribution is 5.48. The van der Waals surface area contributed by atoms with Crippen LogP contribution in [-0.4, -0.2) is 32.8 Å². The number of H-pyrrole nitrogens is 1. The lowest BCUT2D eigenvalue weighted by Crippen LogP contribution is -2.33. The Bertz CT molecular complexity index is 842. The fourth-order valence-corrected chi connectivity index (χ4v) is 2.78. The fraction of sp³-hybridized carbons (Fsp3) is 0.421. The van der Waals surface area contributed by atoms with Gasteiger partial charge < -0.3 is 10.4 Å². The number of nitrogens with zero attached hydrogens (tertiary/aromatic N) is 3. The van der Waals surface area contributed by atoms with Crippen molar-refractivity contribution in [2.45, 2.75) is 45.7 Å². The molecule has 1 atom stereocenters. The van der Waals surface area contributed by atoms with Gasteiger partial charge in [-0.3, -0.25) is 10.4 Å². The number of aliphatic hydroxyl groups excluding tert-OH is 1. The van der Waals surface area contributed by atoms with Crippen LogP contribution in [0.5, 0.6) is 0 Å². The predicted octanol–water partition coefficient (Wildman–Crippen LogP) is 2.46. The third-order valence-corrected chi connectivity index (χ3v) is 4.42. The van der Waals surface area contributed by atoms with E-state index in [0.717, 1.165) is 17.6 Å². The van der Waals surface area contributed by atoms with Gasteiger partial charge in [0.1, 0.15) is 0 Å². The molecule has 0 aliphatic heterocycles. The van der Waals surface area contributed by atoms with Gasteiger partial charge in [0.25, 0.3) is 5.65 Å². The Morgan fingerprint density at radius 2 is 1.96 bits per heavy atom. The zero-order chi connectivity index (χ0) is 18.5. The Balaban J connectivity index is 1.96. The van der Waals surface area contributed by atoms with Crippen LogP contribution >= 0.6 is 0 Å². The topological polar surface area (TPSA) is 90.0 Å². The average molecular weight is 355 g/mol. The summed E-state index contributed by atoms with van der Waals surface area (Å²) < 4.78 is 1.86. The number of rotatable bonds is 8. The zero-order valence-corrected chi connectivity index (χ0v) is 15.5. The molecule has 2 aromatic heterocycles. The molecule has 3 rings (SSSR count). The highest BCUT2D eigenvalue weighted by Gasteiger charge is 2.22. The number of fused-ring (bicyclic) bond motifs is 1. The van der Waals surface area contributed by atoms with E-state index in [1.165, 1.54) is 5.56 Å². The van der Waals surface area contributed by atoms with Crippen LogP contribution in [0.3, 0.4) is 0 Å². The smallest absolute Gasteiger partial charge is 0.374 e. The monoisotopic (exact) mass is 355 g/mol. The number of aliphatic hydroxyl groups is 1. The minimum absolute atomic E-state index is 0.0436.